The van der Waals surface area contributed by atoms with Gasteiger partial charge >= 0.3 is 0 Å². The van der Waals surface area contributed by atoms with E-state index in [1.54, 1.807) is 24.4 Å². The van der Waals surface area contributed by atoms with Gasteiger partial charge in [-0.05, 0) is 88.4 Å². The van der Waals surface area contributed by atoms with Crippen LogP contribution in [0.15, 0.2) is 59.5 Å². The number of pyridine rings is 2. The molecule has 1 fully saturated rings. The highest BCUT2D eigenvalue weighted by Crippen LogP contribution is 2.22. The van der Waals surface area contributed by atoms with Gasteiger partial charge in [0.2, 0.25) is 0 Å². The molecule has 4 rings (SSSR count). The lowest BCUT2D eigenvalue weighted by Gasteiger charge is -2.28. The van der Waals surface area contributed by atoms with Gasteiger partial charge in [-0.3, -0.25) is 14.6 Å². The third-order valence-electron chi connectivity index (χ3n) is 6.13. The summed E-state index contributed by atoms with van der Waals surface area (Å²) in [6, 6.07) is 15.0. The van der Waals surface area contributed by atoms with Crippen LogP contribution in [-0.2, 0) is 6.42 Å². The van der Waals surface area contributed by atoms with Gasteiger partial charge in [0.15, 0.2) is 0 Å². The number of carbonyl (C=O) groups excluding carboxylic acids is 1. The number of hydrogen-bond acceptors (Lipinski definition) is 5. The minimum Gasteiger partial charge on any atom is -0.372 e. The van der Waals surface area contributed by atoms with Crippen LogP contribution < -0.4 is 21.5 Å². The molecule has 0 unspecified atom stereocenters. The zero-order valence-electron chi connectivity index (χ0n) is 19.9. The number of piperidine rings is 1. The third kappa shape index (κ3) is 6.11. The summed E-state index contributed by atoms with van der Waals surface area (Å²) in [5.74, 6) is -0.320. The summed E-state index contributed by atoms with van der Waals surface area (Å²) in [6.45, 7) is 6.09. The van der Waals surface area contributed by atoms with Crippen LogP contribution in [0.25, 0.3) is 11.3 Å². The molecule has 0 saturated carbocycles. The first-order valence-corrected chi connectivity index (χ1v) is 11.9. The molecule has 1 amide bonds. The molecule has 178 valence electrons. The fourth-order valence-electron chi connectivity index (χ4n) is 4.12. The van der Waals surface area contributed by atoms with Crippen LogP contribution in [0.1, 0.15) is 55.6 Å². The maximum atomic E-state index is 12.8. The molecular formula is C27H33N5O2. The highest BCUT2D eigenvalue weighted by Gasteiger charge is 2.15. The Bertz CT molecular complexity index is 1190. The lowest BCUT2D eigenvalue weighted by Crippen LogP contribution is -2.32. The van der Waals surface area contributed by atoms with Crippen LogP contribution in [0.3, 0.4) is 0 Å². The summed E-state index contributed by atoms with van der Waals surface area (Å²) < 4.78 is 0. The third-order valence-corrected chi connectivity index (χ3v) is 6.13. The number of nitrogens with zero attached hydrogens (tertiary/aromatic N) is 2. The van der Waals surface area contributed by atoms with Gasteiger partial charge < -0.3 is 20.9 Å². The second-order valence-electron chi connectivity index (χ2n) is 9.68. The molecule has 7 heteroatoms. The van der Waals surface area contributed by atoms with Crippen molar-refractivity contribution in [2.75, 3.05) is 23.3 Å². The molecule has 3 heterocycles. The maximum Gasteiger partial charge on any atom is 0.271 e. The van der Waals surface area contributed by atoms with Gasteiger partial charge in [0.05, 0.1) is 5.69 Å². The Labute approximate surface area is 200 Å². The van der Waals surface area contributed by atoms with Gasteiger partial charge in [0, 0.05) is 47.3 Å². The van der Waals surface area contributed by atoms with E-state index in [0.29, 0.717) is 5.56 Å². The van der Waals surface area contributed by atoms with E-state index in [4.69, 9.17) is 10.7 Å². The molecular weight excluding hydrogens is 426 g/mol. The SMILES string of the molecule is CC(C)(N)CCc1cccc(-c2c[nH]c(=O)c(NC(=O)c3ccc(N4CCCCC4)cc3)c2)n1. The number of aryl methyl sites for hydroxylation is 1. The van der Waals surface area contributed by atoms with E-state index in [0.717, 1.165) is 48.6 Å². The Morgan fingerprint density at radius 3 is 2.56 bits per heavy atom. The second kappa shape index (κ2) is 10.2. The molecule has 0 atom stereocenters. The van der Waals surface area contributed by atoms with E-state index in [1.165, 1.54) is 19.3 Å². The summed E-state index contributed by atoms with van der Waals surface area (Å²) in [6.07, 6.45) is 6.86. The number of aromatic amines is 1. The van der Waals surface area contributed by atoms with E-state index in [9.17, 15) is 9.59 Å². The Morgan fingerprint density at radius 1 is 1.12 bits per heavy atom. The average molecular weight is 460 g/mol. The summed E-state index contributed by atoms with van der Waals surface area (Å²) in [7, 11) is 0. The van der Waals surface area contributed by atoms with Crippen molar-refractivity contribution >= 4 is 17.3 Å². The largest absolute Gasteiger partial charge is 0.372 e. The highest BCUT2D eigenvalue weighted by molar-refractivity contribution is 6.04. The Kier molecular flexibility index (Phi) is 7.12. The fourth-order valence-corrected chi connectivity index (χ4v) is 4.12. The standard InChI is InChI=1S/C27H33N5O2/c1-27(2,28)14-13-21-7-6-8-23(30-21)20-17-24(26(34)29-18-20)31-25(33)19-9-11-22(12-10-19)32-15-4-3-5-16-32/h6-12,17-18H,3-5,13-16,28H2,1-2H3,(H,29,34)(H,31,33). The van der Waals surface area contributed by atoms with E-state index in [2.05, 4.69) is 15.2 Å². The normalized spacial score (nSPS) is 14.1. The number of nitrogens with one attached hydrogen (secondary N) is 2. The number of amides is 1. The predicted octanol–water partition coefficient (Wildman–Crippen LogP) is 4.35. The zero-order valence-corrected chi connectivity index (χ0v) is 19.9. The first kappa shape index (κ1) is 23.7. The molecule has 34 heavy (non-hydrogen) atoms. The highest BCUT2D eigenvalue weighted by atomic mass is 16.2. The van der Waals surface area contributed by atoms with Gasteiger partial charge in [0.25, 0.3) is 11.5 Å². The summed E-state index contributed by atoms with van der Waals surface area (Å²) in [5.41, 5.74) is 9.69. The fraction of sp³-hybridized carbons (Fsp3) is 0.370. The Hall–Kier alpha value is -3.45. The number of anilines is 2. The van der Waals surface area contributed by atoms with Crippen LogP contribution >= 0.6 is 0 Å². The number of hydrogen-bond donors (Lipinski definition) is 3. The molecule has 1 saturated heterocycles. The van der Waals surface area contributed by atoms with Crippen molar-refractivity contribution in [3.63, 3.8) is 0 Å². The minimum atomic E-state index is -0.358. The monoisotopic (exact) mass is 459 g/mol. The lowest BCUT2D eigenvalue weighted by molar-refractivity contribution is 0.102. The number of carbonyl (C=O) groups is 1. The van der Waals surface area contributed by atoms with Crippen LogP contribution in [-0.4, -0.2) is 34.5 Å². The number of H-pyrrole nitrogens is 1. The maximum absolute atomic E-state index is 12.8. The van der Waals surface area contributed by atoms with Gasteiger partial charge in [-0.1, -0.05) is 6.07 Å². The van der Waals surface area contributed by atoms with Crippen molar-refractivity contribution in [2.45, 2.75) is 51.5 Å². The van der Waals surface area contributed by atoms with Gasteiger partial charge in [-0.15, -0.1) is 0 Å². The van der Waals surface area contributed by atoms with E-state index in [1.807, 2.05) is 44.2 Å². The average Bonchev–Trinajstić information content (AvgIpc) is 2.84. The van der Waals surface area contributed by atoms with Crippen molar-refractivity contribution in [2.24, 2.45) is 5.73 Å². The molecule has 0 aliphatic carbocycles. The van der Waals surface area contributed by atoms with Gasteiger partial charge in [0.1, 0.15) is 5.69 Å². The molecule has 0 radical (unpaired) electrons. The van der Waals surface area contributed by atoms with E-state index in [-0.39, 0.29) is 22.7 Å². The molecule has 4 N–H and O–H groups in total. The first-order chi connectivity index (χ1) is 16.3. The number of benzene rings is 1. The lowest BCUT2D eigenvalue weighted by atomic mass is 9.98. The quantitative estimate of drug-likeness (QED) is 0.487. The summed E-state index contributed by atoms with van der Waals surface area (Å²) in [5, 5.41) is 2.75. The number of aromatic nitrogens is 2. The van der Waals surface area contributed by atoms with Crippen molar-refractivity contribution < 1.29 is 4.79 Å². The zero-order chi connectivity index (χ0) is 24.1. The van der Waals surface area contributed by atoms with Crippen molar-refractivity contribution in [1.29, 1.82) is 0 Å². The van der Waals surface area contributed by atoms with Crippen molar-refractivity contribution in [3.05, 3.63) is 76.3 Å². The van der Waals surface area contributed by atoms with Crippen LogP contribution in [0, 0.1) is 0 Å². The topological polar surface area (TPSA) is 104 Å². The Balaban J connectivity index is 1.48. The van der Waals surface area contributed by atoms with Crippen molar-refractivity contribution in [3.8, 4) is 11.3 Å². The molecule has 3 aromatic rings. The van der Waals surface area contributed by atoms with Crippen molar-refractivity contribution in [1.82, 2.24) is 9.97 Å². The van der Waals surface area contributed by atoms with Crippen LogP contribution in [0.5, 0.6) is 0 Å². The van der Waals surface area contributed by atoms with Crippen LogP contribution in [0.4, 0.5) is 11.4 Å². The minimum absolute atomic E-state index is 0.193. The number of rotatable bonds is 7. The first-order valence-electron chi connectivity index (χ1n) is 11.9. The van der Waals surface area contributed by atoms with E-state index < -0.39 is 0 Å². The smallest absolute Gasteiger partial charge is 0.271 e. The number of nitrogens with two attached hydrogens (primary N) is 1. The summed E-state index contributed by atoms with van der Waals surface area (Å²) >= 11 is 0. The summed E-state index contributed by atoms with van der Waals surface area (Å²) in [4.78, 5) is 35.0. The van der Waals surface area contributed by atoms with Gasteiger partial charge in [-0.2, -0.15) is 0 Å². The molecule has 1 aliphatic heterocycles. The van der Waals surface area contributed by atoms with Crippen LogP contribution in [0.2, 0.25) is 0 Å². The molecule has 7 nitrogen and oxygen atoms in total. The Morgan fingerprint density at radius 2 is 1.85 bits per heavy atom. The molecule has 0 bridgehead atoms. The molecule has 0 spiro atoms. The molecule has 2 aromatic heterocycles. The molecule has 1 aliphatic rings. The second-order valence-corrected chi connectivity index (χ2v) is 9.68. The van der Waals surface area contributed by atoms with Gasteiger partial charge in [-0.25, -0.2) is 0 Å². The molecule has 1 aromatic carbocycles. The predicted molar refractivity (Wildman–Crippen MR) is 137 cm³/mol. The van der Waals surface area contributed by atoms with E-state index >= 15 is 0 Å².